The van der Waals surface area contributed by atoms with Crippen molar-refractivity contribution in [3.63, 3.8) is 0 Å². The van der Waals surface area contributed by atoms with E-state index in [2.05, 4.69) is 192 Å². The molecule has 0 radical (unpaired) electrons. The summed E-state index contributed by atoms with van der Waals surface area (Å²) in [5, 5.41) is 8.67. The van der Waals surface area contributed by atoms with Gasteiger partial charge in [0.15, 0.2) is 11.3 Å². The highest BCUT2D eigenvalue weighted by Gasteiger charge is 2.26. The number of hydrogen-bond acceptors (Lipinski definition) is 4. The van der Waals surface area contributed by atoms with Gasteiger partial charge in [-0.05, 0) is 140 Å². The third kappa shape index (κ3) is 7.65. The highest BCUT2D eigenvalue weighted by molar-refractivity contribution is 6.18. The molecule has 0 saturated carbocycles. The molecule has 0 atom stereocenters. The average Bonchev–Trinajstić information content (AvgIpc) is 3.70. The second-order valence-electron chi connectivity index (χ2n) is 16.7. The van der Waals surface area contributed by atoms with Gasteiger partial charge in [-0.1, -0.05) is 141 Å². The van der Waals surface area contributed by atoms with Crippen LogP contribution in [0.1, 0.15) is 71.1 Å². The molecule has 0 fully saturated rings. The lowest BCUT2D eigenvalue weighted by Crippen LogP contribution is -2.21. The van der Waals surface area contributed by atoms with Gasteiger partial charge in [-0.25, -0.2) is 0 Å². The van der Waals surface area contributed by atoms with Crippen molar-refractivity contribution in [2.24, 2.45) is 0 Å². The maximum Gasteiger partial charge on any atom is 0.159 e. The number of ether oxygens (including phenoxy) is 1. The van der Waals surface area contributed by atoms with Gasteiger partial charge in [0.2, 0.25) is 0 Å². The van der Waals surface area contributed by atoms with Crippen LogP contribution >= 0.6 is 0 Å². The maximum absolute atomic E-state index is 6.74. The number of rotatable bonds is 13. The number of anilines is 4. The Morgan fingerprint density at radius 1 is 0.619 bits per heavy atom. The molecule has 0 unspecified atom stereocenters. The fraction of sp³-hybridized carbons (Fsp3) is 0.186. The minimum absolute atomic E-state index is 0.643. The first-order chi connectivity index (χ1) is 30.8. The Morgan fingerprint density at radius 2 is 1.32 bits per heavy atom. The summed E-state index contributed by atoms with van der Waals surface area (Å²) in [4.78, 5) is 4.91. The summed E-state index contributed by atoms with van der Waals surface area (Å²) in [5.74, 6) is 1.60. The van der Waals surface area contributed by atoms with Crippen molar-refractivity contribution in [1.82, 2.24) is 0 Å². The zero-order valence-corrected chi connectivity index (χ0v) is 37.6. The van der Waals surface area contributed by atoms with E-state index in [1.807, 2.05) is 30.3 Å². The molecule has 0 spiro atoms. The van der Waals surface area contributed by atoms with Crippen LogP contribution in [0.2, 0.25) is 0 Å². The maximum atomic E-state index is 6.74. The van der Waals surface area contributed by atoms with Crippen molar-refractivity contribution in [1.29, 1.82) is 0 Å². The lowest BCUT2D eigenvalue weighted by molar-refractivity contribution is 0.483. The Hall–Kier alpha value is -7.04. The van der Waals surface area contributed by atoms with Crippen molar-refractivity contribution in [2.45, 2.75) is 74.3 Å². The molecule has 1 heterocycles. The van der Waals surface area contributed by atoms with Crippen LogP contribution in [-0.2, 0) is 13.0 Å². The van der Waals surface area contributed by atoms with Crippen LogP contribution < -0.4 is 19.8 Å². The predicted molar refractivity (Wildman–Crippen MR) is 269 cm³/mol. The number of benzene rings is 8. The fourth-order valence-electron chi connectivity index (χ4n) is 9.37. The van der Waals surface area contributed by atoms with Gasteiger partial charge < -0.3 is 19.0 Å². The third-order valence-electron chi connectivity index (χ3n) is 12.7. The molecular formula is C59H56N2O2. The highest BCUT2D eigenvalue weighted by atomic mass is 16.5. The summed E-state index contributed by atoms with van der Waals surface area (Å²) < 4.78 is 13.5. The zero-order valence-electron chi connectivity index (χ0n) is 37.6. The smallest absolute Gasteiger partial charge is 0.159 e. The second kappa shape index (κ2) is 17.7. The minimum atomic E-state index is 0.643. The Balaban J connectivity index is 1.35. The van der Waals surface area contributed by atoms with Crippen molar-refractivity contribution in [3.05, 3.63) is 197 Å². The largest absolute Gasteiger partial charge is 0.455 e. The predicted octanol–water partition coefficient (Wildman–Crippen LogP) is 16.6. The fourth-order valence-corrected chi connectivity index (χ4v) is 9.37. The Kier molecular flexibility index (Phi) is 11.6. The number of nitrogens with zero attached hydrogens (tertiary/aromatic N) is 2. The van der Waals surface area contributed by atoms with Crippen LogP contribution in [0.3, 0.4) is 0 Å². The molecular weight excluding hydrogens is 769 g/mol. The van der Waals surface area contributed by atoms with E-state index in [1.165, 1.54) is 54.6 Å². The van der Waals surface area contributed by atoms with E-state index in [1.54, 1.807) is 0 Å². The molecule has 0 aliphatic rings. The minimum Gasteiger partial charge on any atom is -0.455 e. The monoisotopic (exact) mass is 824 g/mol. The van der Waals surface area contributed by atoms with Gasteiger partial charge in [0.05, 0.1) is 17.1 Å². The quantitative estimate of drug-likeness (QED) is 0.108. The van der Waals surface area contributed by atoms with Crippen LogP contribution in [-0.4, -0.2) is 0 Å². The molecule has 9 aromatic rings. The number of fused-ring (bicyclic) bond motifs is 3. The van der Waals surface area contributed by atoms with Crippen LogP contribution in [0.5, 0.6) is 11.5 Å². The Bertz CT molecular complexity index is 3240. The van der Waals surface area contributed by atoms with Crippen LogP contribution in [0.4, 0.5) is 22.7 Å². The molecule has 0 N–H and O–H groups in total. The molecule has 0 saturated heterocycles. The Morgan fingerprint density at radius 3 is 2.10 bits per heavy atom. The summed E-state index contributed by atoms with van der Waals surface area (Å²) in [6.45, 7) is 16.2. The number of allylic oxidation sites excluding steroid dienone is 4. The van der Waals surface area contributed by atoms with Gasteiger partial charge in [0.1, 0.15) is 11.3 Å². The number of para-hydroxylation sites is 6. The third-order valence-corrected chi connectivity index (χ3v) is 12.7. The lowest BCUT2D eigenvalue weighted by atomic mass is 9.88. The molecule has 9 rings (SSSR count). The first-order valence-corrected chi connectivity index (χ1v) is 22.5. The van der Waals surface area contributed by atoms with Gasteiger partial charge in [0.25, 0.3) is 0 Å². The average molecular weight is 825 g/mol. The summed E-state index contributed by atoms with van der Waals surface area (Å²) in [7, 11) is 0. The van der Waals surface area contributed by atoms with E-state index >= 15 is 0 Å². The summed E-state index contributed by atoms with van der Waals surface area (Å²) in [6.07, 6.45) is 7.26. The van der Waals surface area contributed by atoms with Gasteiger partial charge in [-0.15, -0.1) is 0 Å². The van der Waals surface area contributed by atoms with E-state index < -0.39 is 0 Å². The molecule has 4 heteroatoms. The van der Waals surface area contributed by atoms with Gasteiger partial charge in [-0.3, -0.25) is 0 Å². The number of hydrogen-bond donors (Lipinski definition) is 0. The van der Waals surface area contributed by atoms with E-state index in [4.69, 9.17) is 9.15 Å². The second-order valence-corrected chi connectivity index (χ2v) is 16.7. The molecule has 0 amide bonds. The SMILES string of the molecule is C/C=C\C(C)=C(/C)N(c1ccccc1Oc1ccccc1)c1cc(CCC)c2ccc(CN(c3ccccc3C)c3cccc4c3oc3ccccc34)c3/c(=C(\C)CC)ccc1c23. The molecule has 8 aromatic carbocycles. The van der Waals surface area contributed by atoms with E-state index in [0.29, 0.717) is 6.54 Å². The van der Waals surface area contributed by atoms with E-state index in [0.717, 1.165) is 81.1 Å². The summed E-state index contributed by atoms with van der Waals surface area (Å²) in [6, 6.07) is 54.2. The zero-order chi connectivity index (χ0) is 43.6. The topological polar surface area (TPSA) is 28.9 Å². The van der Waals surface area contributed by atoms with E-state index in [-0.39, 0.29) is 0 Å². The number of aryl methyl sites for hydroxylation is 2. The molecule has 0 bridgehead atoms. The highest BCUT2D eigenvalue weighted by Crippen LogP contribution is 2.46. The molecule has 63 heavy (non-hydrogen) atoms. The standard InChI is InChI=1S/C59H56N2O2/c1-8-21-40(5)42(7)61(52-29-17-19-32-56(52)62-45-24-12-11-13-25-45)54-37-43(22-9-2)47-34-33-44(57-46(39(4)10-3)35-36-50(54)58(47)57)38-60(51-28-16-14-23-41(51)6)53-30-20-27-49-48-26-15-18-31-55(48)63-59(49)53/h8,11-21,23-37H,9-10,22,38H2,1-7H3/b21-8-,42-40+,46-39+. The van der Waals surface area contributed by atoms with E-state index in [9.17, 15) is 0 Å². The summed E-state index contributed by atoms with van der Waals surface area (Å²) >= 11 is 0. The molecule has 314 valence electrons. The molecule has 0 aliphatic heterocycles. The van der Waals surface area contributed by atoms with Crippen molar-refractivity contribution >= 4 is 71.8 Å². The first kappa shape index (κ1) is 41.3. The van der Waals surface area contributed by atoms with Crippen LogP contribution in [0.15, 0.2) is 179 Å². The summed E-state index contributed by atoms with van der Waals surface area (Å²) in [5.41, 5.74) is 13.6. The first-order valence-electron chi connectivity index (χ1n) is 22.5. The Labute approximate surface area is 372 Å². The molecule has 4 nitrogen and oxygen atoms in total. The van der Waals surface area contributed by atoms with Gasteiger partial charge in [0, 0.05) is 34.1 Å². The number of furan rings is 1. The van der Waals surface area contributed by atoms with Crippen LogP contribution in [0, 0.1) is 6.92 Å². The van der Waals surface area contributed by atoms with Gasteiger partial charge in [-0.2, -0.15) is 0 Å². The van der Waals surface area contributed by atoms with Crippen molar-refractivity contribution < 1.29 is 9.15 Å². The van der Waals surface area contributed by atoms with Crippen molar-refractivity contribution in [2.75, 3.05) is 9.80 Å². The van der Waals surface area contributed by atoms with Crippen LogP contribution in [0.25, 0.3) is 49.1 Å². The lowest BCUT2D eigenvalue weighted by Gasteiger charge is -2.32. The van der Waals surface area contributed by atoms with Gasteiger partial charge >= 0.3 is 0 Å². The molecule has 0 aliphatic carbocycles. The normalized spacial score (nSPS) is 12.7. The molecule has 1 aromatic heterocycles. The van der Waals surface area contributed by atoms with Crippen molar-refractivity contribution in [3.8, 4) is 11.5 Å².